The molecule has 3 rings (SSSR count). The first kappa shape index (κ1) is 13.1. The fourth-order valence-electron chi connectivity index (χ4n) is 2.21. The van der Waals surface area contributed by atoms with Crippen LogP contribution in [0.15, 0.2) is 54.2 Å². The van der Waals surface area contributed by atoms with Crippen molar-refractivity contribution in [3.05, 3.63) is 64.8 Å². The van der Waals surface area contributed by atoms with Crippen molar-refractivity contribution in [2.75, 3.05) is 0 Å². The first-order chi connectivity index (χ1) is 9.66. The molecule has 0 bridgehead atoms. The van der Waals surface area contributed by atoms with Crippen molar-refractivity contribution < 1.29 is 14.5 Å². The van der Waals surface area contributed by atoms with E-state index in [0.29, 0.717) is 10.6 Å². The van der Waals surface area contributed by atoms with Crippen LogP contribution in [-0.4, -0.2) is 11.1 Å². The molecule has 0 aliphatic heterocycles. The topological polar surface area (TPSA) is 41.2 Å². The molecule has 20 heavy (non-hydrogen) atoms. The third-order valence-electron chi connectivity index (χ3n) is 3.15. The lowest BCUT2D eigenvalue weighted by molar-refractivity contribution is -0.700. The maximum Gasteiger partial charge on any atom is 0.378 e. The van der Waals surface area contributed by atoms with Crippen LogP contribution in [-0.2, 0) is 4.79 Å². The highest BCUT2D eigenvalue weighted by Crippen LogP contribution is 2.24. The molecule has 0 saturated heterocycles. The smallest absolute Gasteiger partial charge is 0.378 e. The molecule has 0 fully saturated rings. The highest BCUT2D eigenvalue weighted by atomic mass is 35.5. The number of carbonyl (C=O) groups is 1. The highest BCUT2D eigenvalue weighted by Gasteiger charge is 2.31. The zero-order chi connectivity index (χ0) is 14.1. The number of halogens is 1. The van der Waals surface area contributed by atoms with Gasteiger partial charge in [-0.1, -0.05) is 29.8 Å². The maximum atomic E-state index is 11.7. The summed E-state index contributed by atoms with van der Waals surface area (Å²) in [5.74, 6) is -0.933. The maximum absolute atomic E-state index is 11.7. The Kier molecular flexibility index (Phi) is 3.42. The molecule has 2 heterocycles. The molecule has 1 aromatic carbocycles. The van der Waals surface area contributed by atoms with Gasteiger partial charge in [-0.3, -0.25) is 0 Å². The van der Waals surface area contributed by atoms with E-state index < -0.39 is 12.0 Å². The lowest BCUT2D eigenvalue weighted by atomic mass is 10.1. The van der Waals surface area contributed by atoms with Crippen molar-refractivity contribution in [1.29, 1.82) is 0 Å². The molecular weight excluding hydrogens is 294 g/mol. The first-order valence-corrected chi connectivity index (χ1v) is 7.28. The summed E-state index contributed by atoms with van der Waals surface area (Å²) in [6.07, 6.45) is 3.62. The number of nitrogens with zero attached hydrogens (tertiary/aromatic N) is 1. The Morgan fingerprint density at radius 1 is 1.25 bits per heavy atom. The minimum Gasteiger partial charge on any atom is -0.476 e. The molecule has 2 aromatic heterocycles. The molecule has 1 N–H and O–H groups in total. The van der Waals surface area contributed by atoms with E-state index in [2.05, 4.69) is 0 Å². The molecule has 0 aliphatic carbocycles. The molecule has 100 valence electrons. The third-order valence-corrected chi connectivity index (χ3v) is 4.39. The molecular formula is C15H11ClNO2S+. The van der Waals surface area contributed by atoms with Crippen molar-refractivity contribution in [3.8, 4) is 0 Å². The number of rotatable bonds is 3. The van der Waals surface area contributed by atoms with Crippen LogP contribution in [0.4, 0.5) is 0 Å². The summed E-state index contributed by atoms with van der Waals surface area (Å²) >= 11 is 7.76. The Bertz CT molecular complexity index is 784. The summed E-state index contributed by atoms with van der Waals surface area (Å²) in [6, 6.07) is 10.1. The van der Waals surface area contributed by atoms with E-state index >= 15 is 0 Å². The number of pyridine rings is 1. The molecule has 0 unspecified atom stereocenters. The lowest BCUT2D eigenvalue weighted by Gasteiger charge is -2.09. The number of hydrogen-bond acceptors (Lipinski definition) is 2. The number of aliphatic carboxylic acids is 1. The van der Waals surface area contributed by atoms with Crippen LogP contribution in [0.5, 0.6) is 0 Å². The van der Waals surface area contributed by atoms with Crippen LogP contribution >= 0.6 is 22.9 Å². The highest BCUT2D eigenvalue weighted by molar-refractivity contribution is 7.17. The van der Waals surface area contributed by atoms with Gasteiger partial charge in [-0.15, -0.1) is 11.3 Å². The fourth-order valence-corrected chi connectivity index (χ4v) is 3.21. The predicted molar refractivity (Wildman–Crippen MR) is 79.2 cm³/mol. The summed E-state index contributed by atoms with van der Waals surface area (Å²) in [7, 11) is 0. The van der Waals surface area contributed by atoms with Gasteiger partial charge in [0.05, 0.1) is 16.0 Å². The Labute approximate surface area is 124 Å². The van der Waals surface area contributed by atoms with Crippen LogP contribution in [0.2, 0.25) is 5.02 Å². The predicted octanol–water partition coefficient (Wildman–Crippen LogP) is 3.52. The van der Waals surface area contributed by atoms with Crippen LogP contribution in [0, 0.1) is 0 Å². The summed E-state index contributed by atoms with van der Waals surface area (Å²) in [5.41, 5.74) is 0.584. The quantitative estimate of drug-likeness (QED) is 0.752. The molecule has 0 aliphatic rings. The number of aromatic nitrogens is 1. The summed E-state index contributed by atoms with van der Waals surface area (Å²) in [5, 5.41) is 13.0. The molecule has 1 atom stereocenters. The summed E-state index contributed by atoms with van der Waals surface area (Å²) in [6.45, 7) is 0. The lowest BCUT2D eigenvalue weighted by Crippen LogP contribution is -2.44. The van der Waals surface area contributed by atoms with E-state index in [1.165, 1.54) is 0 Å². The number of benzene rings is 1. The largest absolute Gasteiger partial charge is 0.476 e. The van der Waals surface area contributed by atoms with E-state index in [0.717, 1.165) is 10.1 Å². The number of carboxylic acid groups (broad SMARTS) is 1. The monoisotopic (exact) mass is 304 g/mol. The van der Waals surface area contributed by atoms with Gasteiger partial charge in [0.25, 0.3) is 6.04 Å². The van der Waals surface area contributed by atoms with Gasteiger partial charge in [0.15, 0.2) is 12.4 Å². The SMILES string of the molecule is O=C(O)[C@H](c1ccccc1Cl)[n+]1ccc2sccc2c1. The summed E-state index contributed by atoms with van der Waals surface area (Å²) < 4.78 is 2.81. The van der Waals surface area contributed by atoms with Crippen LogP contribution < -0.4 is 4.57 Å². The van der Waals surface area contributed by atoms with Gasteiger partial charge in [0.1, 0.15) is 0 Å². The van der Waals surface area contributed by atoms with E-state index in [1.54, 1.807) is 46.4 Å². The van der Waals surface area contributed by atoms with Crippen molar-refractivity contribution in [1.82, 2.24) is 0 Å². The average Bonchev–Trinajstić information content (AvgIpc) is 2.88. The van der Waals surface area contributed by atoms with Crippen molar-refractivity contribution >= 4 is 39.0 Å². The average molecular weight is 305 g/mol. The molecule has 0 spiro atoms. The van der Waals surface area contributed by atoms with Gasteiger partial charge in [0, 0.05) is 10.8 Å². The molecule has 0 radical (unpaired) electrons. The number of fused-ring (bicyclic) bond motifs is 1. The zero-order valence-electron chi connectivity index (χ0n) is 10.4. The van der Waals surface area contributed by atoms with Gasteiger partial charge >= 0.3 is 5.97 Å². The van der Waals surface area contributed by atoms with Gasteiger partial charge in [-0.05, 0) is 17.5 Å². The molecule has 0 amide bonds. The van der Waals surface area contributed by atoms with E-state index in [-0.39, 0.29) is 0 Å². The van der Waals surface area contributed by atoms with Crippen molar-refractivity contribution in [2.45, 2.75) is 6.04 Å². The fraction of sp³-hybridized carbons (Fsp3) is 0.0667. The van der Waals surface area contributed by atoms with Crippen molar-refractivity contribution in [3.63, 3.8) is 0 Å². The molecule has 0 saturated carbocycles. The minimum absolute atomic E-state index is 0.456. The zero-order valence-corrected chi connectivity index (χ0v) is 11.9. The van der Waals surface area contributed by atoms with Crippen molar-refractivity contribution in [2.24, 2.45) is 0 Å². The second-order valence-corrected chi connectivity index (χ2v) is 5.75. The van der Waals surface area contributed by atoms with Gasteiger partial charge in [0.2, 0.25) is 0 Å². The number of carboxylic acids is 1. The van der Waals surface area contributed by atoms with Crippen LogP contribution in [0.1, 0.15) is 11.6 Å². The normalized spacial score (nSPS) is 12.4. The number of hydrogen-bond donors (Lipinski definition) is 1. The van der Waals surface area contributed by atoms with Crippen LogP contribution in [0.3, 0.4) is 0 Å². The Morgan fingerprint density at radius 2 is 2.05 bits per heavy atom. The Morgan fingerprint density at radius 3 is 2.80 bits per heavy atom. The second-order valence-electron chi connectivity index (χ2n) is 4.39. The summed E-state index contributed by atoms with van der Waals surface area (Å²) in [4.78, 5) is 11.7. The van der Waals surface area contributed by atoms with Gasteiger partial charge < -0.3 is 5.11 Å². The van der Waals surface area contributed by atoms with Crippen LogP contribution in [0.25, 0.3) is 10.1 Å². The van der Waals surface area contributed by atoms with E-state index in [4.69, 9.17) is 11.6 Å². The minimum atomic E-state index is -0.933. The molecule has 5 heteroatoms. The van der Waals surface area contributed by atoms with E-state index in [9.17, 15) is 9.90 Å². The third kappa shape index (κ3) is 2.28. The Hall–Kier alpha value is -1.91. The van der Waals surface area contributed by atoms with E-state index in [1.807, 2.05) is 23.7 Å². The second kappa shape index (κ2) is 5.23. The van der Waals surface area contributed by atoms with Gasteiger partial charge in [-0.25, -0.2) is 4.79 Å². The number of thiophene rings is 1. The standard InChI is InChI=1S/C15H10ClNO2S/c16-12-4-2-1-3-11(12)14(15(18)19)17-7-5-13-10(9-17)6-8-20-13/h1-9,14H/p+1/t14-/m0/s1. The first-order valence-electron chi connectivity index (χ1n) is 6.02. The molecule has 3 nitrogen and oxygen atoms in total. The molecule has 3 aromatic rings. The Balaban J connectivity index is 2.15. The van der Waals surface area contributed by atoms with Gasteiger partial charge in [-0.2, -0.15) is 4.57 Å².